The minimum absolute atomic E-state index is 0.104. The highest BCUT2D eigenvalue weighted by Gasteiger charge is 2.51. The molecule has 0 saturated carbocycles. The monoisotopic (exact) mass is 697 g/mol. The minimum Gasteiger partial charge on any atom is -0.464 e. The first-order chi connectivity index (χ1) is 23.8. The molecule has 9 nitrogen and oxygen atoms in total. The summed E-state index contributed by atoms with van der Waals surface area (Å²) >= 11 is 1.60. The quantitative estimate of drug-likeness (QED) is 0.149. The first-order valence-corrected chi connectivity index (χ1v) is 18.4. The van der Waals surface area contributed by atoms with Gasteiger partial charge < -0.3 is 23.9 Å². The highest BCUT2D eigenvalue weighted by Crippen LogP contribution is 2.47. The fourth-order valence-corrected chi connectivity index (χ4v) is 7.56. The summed E-state index contributed by atoms with van der Waals surface area (Å²) in [5.74, 6) is 1.06. The van der Waals surface area contributed by atoms with Gasteiger partial charge in [0.15, 0.2) is 0 Å². The normalized spacial score (nSPS) is 17.6. The van der Waals surface area contributed by atoms with Crippen molar-refractivity contribution in [2.75, 3.05) is 6.54 Å². The summed E-state index contributed by atoms with van der Waals surface area (Å²) in [5.41, 5.74) is 3.25. The molecule has 2 aliphatic heterocycles. The number of benzene rings is 2. The molecule has 1 saturated heterocycles. The SMILES string of the molecule is CCCN(Cc1ncc(-c2cc(F)c3c(c2)OC(c2cnc(CC)s2)n2c-3cc3cc(B4OC(C)(C)C(C)(C)O4)ccc32)[nH]1)C(=O)CC(C)C. The van der Waals surface area contributed by atoms with E-state index in [1.807, 2.05) is 76.9 Å². The molecule has 50 heavy (non-hydrogen) atoms. The molecule has 5 aromatic rings. The third-order valence-corrected chi connectivity index (χ3v) is 11.2. The Kier molecular flexibility index (Phi) is 8.93. The molecule has 7 rings (SSSR count). The van der Waals surface area contributed by atoms with Gasteiger partial charge in [0.05, 0.1) is 56.3 Å². The number of aromatic nitrogens is 4. The number of aryl methyl sites for hydroxylation is 1. The van der Waals surface area contributed by atoms with Crippen LogP contribution in [0.25, 0.3) is 33.4 Å². The van der Waals surface area contributed by atoms with Crippen molar-refractivity contribution in [1.82, 2.24) is 24.4 Å². The molecular formula is C38H45BFN5O4S. The van der Waals surface area contributed by atoms with Crippen LogP contribution in [0.1, 0.15) is 90.2 Å². The lowest BCUT2D eigenvalue weighted by atomic mass is 9.78. The summed E-state index contributed by atoms with van der Waals surface area (Å²) in [7, 11) is -0.518. The van der Waals surface area contributed by atoms with Crippen molar-refractivity contribution in [2.45, 2.75) is 98.6 Å². The number of hydrogen-bond donors (Lipinski definition) is 1. The van der Waals surface area contributed by atoms with Crippen LogP contribution in [0.15, 0.2) is 48.8 Å². The number of ether oxygens (including phenoxy) is 1. The van der Waals surface area contributed by atoms with E-state index in [1.54, 1.807) is 17.5 Å². The number of imidazole rings is 1. The van der Waals surface area contributed by atoms with Gasteiger partial charge in [-0.3, -0.25) is 9.36 Å². The van der Waals surface area contributed by atoms with E-state index in [0.29, 0.717) is 47.9 Å². The van der Waals surface area contributed by atoms with Crippen molar-refractivity contribution in [2.24, 2.45) is 5.92 Å². The average Bonchev–Trinajstić information content (AvgIpc) is 3.84. The number of halogens is 1. The molecule has 1 unspecified atom stereocenters. The lowest BCUT2D eigenvalue weighted by Gasteiger charge is -2.32. The number of amides is 1. The van der Waals surface area contributed by atoms with Gasteiger partial charge in [0.2, 0.25) is 12.1 Å². The summed E-state index contributed by atoms with van der Waals surface area (Å²) < 4.78 is 37.9. The first-order valence-electron chi connectivity index (χ1n) is 17.6. The van der Waals surface area contributed by atoms with Crippen LogP contribution < -0.4 is 10.2 Å². The molecule has 0 bridgehead atoms. The number of hydrogen-bond acceptors (Lipinski definition) is 7. The highest BCUT2D eigenvalue weighted by molar-refractivity contribution is 7.11. The van der Waals surface area contributed by atoms with E-state index in [-0.39, 0.29) is 11.8 Å². The predicted molar refractivity (Wildman–Crippen MR) is 196 cm³/mol. The van der Waals surface area contributed by atoms with E-state index in [2.05, 4.69) is 39.4 Å². The van der Waals surface area contributed by atoms with Crippen molar-refractivity contribution >= 4 is 40.7 Å². The maximum Gasteiger partial charge on any atom is 0.494 e. The molecule has 1 N–H and O–H groups in total. The van der Waals surface area contributed by atoms with E-state index in [9.17, 15) is 4.79 Å². The Morgan fingerprint density at radius 3 is 2.52 bits per heavy atom. The van der Waals surface area contributed by atoms with Gasteiger partial charge in [0, 0.05) is 30.1 Å². The van der Waals surface area contributed by atoms with E-state index in [1.165, 1.54) is 6.07 Å². The van der Waals surface area contributed by atoms with Crippen LogP contribution >= 0.6 is 11.3 Å². The standard InChI is InChI=1S/C38H45BFN5O4S/c1-9-13-44(34(46)14-22(3)4)21-32-41-19-27(43-32)23-16-26(40)35-29-17-24-15-25(39-48-37(5,6)38(7,8)49-39)11-12-28(24)45(29)36(47-30(35)18-23)31-20-42-33(10-2)50-31/h11-12,15-20,22,36H,9-10,13-14,21H2,1-8H3,(H,41,43). The molecule has 12 heteroatoms. The number of carbonyl (C=O) groups is 1. The zero-order chi connectivity index (χ0) is 35.5. The fraction of sp³-hybridized carbons (Fsp3) is 0.447. The van der Waals surface area contributed by atoms with E-state index in [0.717, 1.165) is 44.8 Å². The molecule has 0 aliphatic carbocycles. The molecular weight excluding hydrogens is 652 g/mol. The van der Waals surface area contributed by atoms with Gasteiger partial charge in [-0.15, -0.1) is 11.3 Å². The van der Waals surface area contributed by atoms with Crippen LogP contribution in [0, 0.1) is 11.7 Å². The van der Waals surface area contributed by atoms with Crippen molar-refractivity contribution in [3.05, 3.63) is 70.3 Å². The number of rotatable bonds is 10. The summed E-state index contributed by atoms with van der Waals surface area (Å²) in [6.45, 7) is 17.4. The smallest absolute Gasteiger partial charge is 0.464 e. The van der Waals surface area contributed by atoms with Gasteiger partial charge in [-0.1, -0.05) is 39.8 Å². The Bertz CT molecular complexity index is 2050. The molecule has 2 aromatic carbocycles. The number of nitrogens with zero attached hydrogens (tertiary/aromatic N) is 4. The average molecular weight is 698 g/mol. The third kappa shape index (κ3) is 6.15. The first kappa shape index (κ1) is 34.5. The van der Waals surface area contributed by atoms with Crippen molar-refractivity contribution < 1.29 is 23.2 Å². The van der Waals surface area contributed by atoms with Gasteiger partial charge in [0.25, 0.3) is 0 Å². The van der Waals surface area contributed by atoms with E-state index < -0.39 is 30.4 Å². The van der Waals surface area contributed by atoms with Crippen LogP contribution in [-0.4, -0.2) is 55.2 Å². The van der Waals surface area contributed by atoms with Crippen molar-refractivity contribution in [1.29, 1.82) is 0 Å². The van der Waals surface area contributed by atoms with Gasteiger partial charge >= 0.3 is 7.12 Å². The van der Waals surface area contributed by atoms with Crippen LogP contribution in [0.5, 0.6) is 5.75 Å². The fourth-order valence-electron chi connectivity index (χ4n) is 6.67. The Balaban J connectivity index is 1.27. The Morgan fingerprint density at radius 1 is 1.08 bits per heavy atom. The second kappa shape index (κ2) is 13.0. The topological polar surface area (TPSA) is 94.5 Å². The number of fused-ring (bicyclic) bond motifs is 5. The van der Waals surface area contributed by atoms with Gasteiger partial charge in [0.1, 0.15) is 17.4 Å². The van der Waals surface area contributed by atoms with Crippen LogP contribution in [0.3, 0.4) is 0 Å². The number of thiazole rings is 1. The third-order valence-electron chi connectivity index (χ3n) is 10.00. The van der Waals surface area contributed by atoms with Gasteiger partial charge in [-0.25, -0.2) is 14.4 Å². The summed E-state index contributed by atoms with van der Waals surface area (Å²) in [5, 5.41) is 1.93. The Labute approximate surface area is 297 Å². The maximum absolute atomic E-state index is 16.4. The van der Waals surface area contributed by atoms with Gasteiger partial charge in [-0.2, -0.15) is 0 Å². The second-order valence-corrected chi connectivity index (χ2v) is 15.9. The Morgan fingerprint density at radius 2 is 1.84 bits per heavy atom. The van der Waals surface area contributed by atoms with Crippen LogP contribution in [0.2, 0.25) is 0 Å². The lowest BCUT2D eigenvalue weighted by Crippen LogP contribution is -2.41. The molecule has 262 valence electrons. The molecule has 5 heterocycles. The predicted octanol–water partition coefficient (Wildman–Crippen LogP) is 7.88. The second-order valence-electron chi connectivity index (χ2n) is 14.8. The Hall–Kier alpha value is -4.00. The van der Waals surface area contributed by atoms with E-state index in [4.69, 9.17) is 14.0 Å². The number of aromatic amines is 1. The van der Waals surface area contributed by atoms with Crippen LogP contribution in [0.4, 0.5) is 4.39 Å². The highest BCUT2D eigenvalue weighted by atomic mass is 32.1. The zero-order valence-electron chi connectivity index (χ0n) is 30.1. The minimum atomic E-state index is -0.544. The zero-order valence-corrected chi connectivity index (χ0v) is 30.9. The number of carbonyl (C=O) groups excluding carboxylic acids is 1. The molecule has 2 aliphatic rings. The van der Waals surface area contributed by atoms with Crippen LogP contribution in [-0.2, 0) is 27.1 Å². The number of nitrogens with one attached hydrogen (secondary N) is 1. The molecule has 1 fully saturated rings. The molecule has 0 radical (unpaired) electrons. The molecule has 1 atom stereocenters. The molecule has 0 spiro atoms. The molecule has 3 aromatic heterocycles. The largest absolute Gasteiger partial charge is 0.494 e. The van der Waals surface area contributed by atoms with Crippen molar-refractivity contribution in [3.63, 3.8) is 0 Å². The summed E-state index contributed by atoms with van der Waals surface area (Å²) in [6.07, 6.45) is 5.15. The van der Waals surface area contributed by atoms with E-state index >= 15 is 4.39 Å². The van der Waals surface area contributed by atoms with Crippen molar-refractivity contribution in [3.8, 4) is 28.3 Å². The number of H-pyrrole nitrogens is 1. The molecule has 1 amide bonds. The van der Waals surface area contributed by atoms with Gasteiger partial charge in [-0.05, 0) is 76.2 Å². The maximum atomic E-state index is 16.4. The summed E-state index contributed by atoms with van der Waals surface area (Å²) in [4.78, 5) is 28.2. The summed E-state index contributed by atoms with van der Waals surface area (Å²) in [6, 6.07) is 11.5. The lowest BCUT2D eigenvalue weighted by molar-refractivity contribution is -0.132.